The third-order valence-corrected chi connectivity index (χ3v) is 0. The van der Waals surface area contributed by atoms with Crippen LogP contribution in [0.5, 0.6) is 0 Å². The molecule has 0 unspecified atom stereocenters. The van der Waals surface area contributed by atoms with Crippen molar-refractivity contribution in [3.8, 4) is 0 Å². The summed E-state index contributed by atoms with van der Waals surface area (Å²) in [5.41, 5.74) is 0. The second-order valence-corrected chi connectivity index (χ2v) is 1.82. The zero-order valence-electron chi connectivity index (χ0n) is 4.32. The van der Waals surface area contributed by atoms with Gasteiger partial charge < -0.3 is 24.9 Å². The van der Waals surface area contributed by atoms with Gasteiger partial charge in [0.15, 0.2) is 0 Å². The van der Waals surface area contributed by atoms with Crippen LogP contribution >= 0.6 is 7.82 Å². The van der Waals surface area contributed by atoms with Crippen LogP contribution in [0.1, 0.15) is 0 Å². The average molecular weight is 243 g/mol. The number of rotatable bonds is 0. The first-order valence-corrected chi connectivity index (χ1v) is 3.00. The third-order valence-electron chi connectivity index (χ3n) is 0. The molecule has 0 aliphatic heterocycles. The summed E-state index contributed by atoms with van der Waals surface area (Å²) in [4.78, 5) is 30.1. The Morgan fingerprint density at radius 1 is 1.09 bits per heavy atom. The monoisotopic (exact) mass is 242 g/mol. The van der Waals surface area contributed by atoms with Gasteiger partial charge in [0.1, 0.15) is 0 Å². The molecule has 0 heterocycles. The molecule has 0 spiro atoms. The fourth-order valence-corrected chi connectivity index (χ4v) is 0. The SMILES string of the molecule is O=C(O)O.O=P(O)(O)O.[NaH].[Ni]. The second-order valence-electron chi connectivity index (χ2n) is 0.796. The van der Waals surface area contributed by atoms with Gasteiger partial charge in [0.25, 0.3) is 0 Å². The molecule has 7 nitrogen and oxygen atoms in total. The smallest absolute Gasteiger partial charge is 0 e. The summed E-state index contributed by atoms with van der Waals surface area (Å²) in [6.45, 7) is 0. The Hall–Kier alpha value is 0.874. The molecule has 0 radical (unpaired) electrons. The van der Waals surface area contributed by atoms with E-state index in [1.807, 2.05) is 0 Å². The van der Waals surface area contributed by atoms with Crippen LogP contribution in [0.25, 0.3) is 0 Å². The third kappa shape index (κ3) is 1120. The van der Waals surface area contributed by atoms with Gasteiger partial charge in [-0.1, -0.05) is 0 Å². The van der Waals surface area contributed by atoms with Crippen LogP contribution in [0.15, 0.2) is 0 Å². The van der Waals surface area contributed by atoms with Crippen molar-refractivity contribution in [2.75, 3.05) is 0 Å². The van der Waals surface area contributed by atoms with E-state index in [4.69, 9.17) is 34.3 Å². The number of carbonyl (C=O) groups is 1. The molecule has 0 amide bonds. The van der Waals surface area contributed by atoms with Crippen molar-refractivity contribution >= 4 is 43.5 Å². The van der Waals surface area contributed by atoms with E-state index in [1.165, 1.54) is 0 Å². The molecule has 0 atom stereocenters. The Bertz CT molecular complexity index is 118. The van der Waals surface area contributed by atoms with E-state index in [-0.39, 0.29) is 46.0 Å². The Balaban J connectivity index is -0.0000000383. The quantitative estimate of drug-likeness (QED) is 0.262. The molecule has 0 aromatic rings. The minimum Gasteiger partial charge on any atom is 0 e. The maximum absolute atomic E-state index is 8.88. The molecule has 0 saturated heterocycles. The van der Waals surface area contributed by atoms with E-state index in [1.54, 1.807) is 0 Å². The standard InChI is InChI=1S/CH2O3.Na.Ni.H3O4P.H/c2-1(3)4;;;1-5(2,3)4;/h(H2,2,3,4);;;(H3,1,2,3,4);. The molecule has 0 aromatic heterocycles. The van der Waals surface area contributed by atoms with Gasteiger partial charge in [0, 0.05) is 16.5 Å². The van der Waals surface area contributed by atoms with Crippen LogP contribution < -0.4 is 0 Å². The van der Waals surface area contributed by atoms with E-state index < -0.39 is 14.0 Å². The largest absolute Gasteiger partial charge is 0 e. The normalized spacial score (nSPS) is 7.55. The molecule has 11 heavy (non-hydrogen) atoms. The topological polar surface area (TPSA) is 135 Å². The van der Waals surface area contributed by atoms with E-state index >= 15 is 0 Å². The van der Waals surface area contributed by atoms with Gasteiger partial charge in [-0.15, -0.1) is 0 Å². The Kier molecular flexibility index (Phi) is 22.4. The molecular weight excluding hydrogens is 237 g/mol. The van der Waals surface area contributed by atoms with Crippen LogP contribution in [0, 0.1) is 0 Å². The number of carboxylic acid groups (broad SMARTS) is 2. The molecule has 0 aromatic carbocycles. The van der Waals surface area contributed by atoms with Crippen LogP contribution in [0.2, 0.25) is 0 Å². The van der Waals surface area contributed by atoms with Crippen molar-refractivity contribution < 1.29 is 50.7 Å². The molecule has 5 N–H and O–H groups in total. The van der Waals surface area contributed by atoms with Gasteiger partial charge in [-0.2, -0.15) is 0 Å². The van der Waals surface area contributed by atoms with Crippen molar-refractivity contribution in [1.29, 1.82) is 0 Å². The van der Waals surface area contributed by atoms with Crippen molar-refractivity contribution in [2.24, 2.45) is 0 Å². The molecule has 0 aliphatic rings. The van der Waals surface area contributed by atoms with Gasteiger partial charge in [-0.05, 0) is 0 Å². The van der Waals surface area contributed by atoms with Gasteiger partial charge >= 0.3 is 43.5 Å². The number of hydrogen-bond acceptors (Lipinski definition) is 2. The maximum atomic E-state index is 8.88. The van der Waals surface area contributed by atoms with E-state index in [9.17, 15) is 0 Å². The van der Waals surface area contributed by atoms with Gasteiger partial charge in [0.2, 0.25) is 0 Å². The number of hydrogen-bond donors (Lipinski definition) is 5. The second kappa shape index (κ2) is 10.9. The maximum Gasteiger partial charge on any atom is 0 e. The van der Waals surface area contributed by atoms with E-state index in [0.29, 0.717) is 0 Å². The summed E-state index contributed by atoms with van der Waals surface area (Å²) in [6.07, 6.45) is -1.83. The summed E-state index contributed by atoms with van der Waals surface area (Å²) in [6, 6.07) is 0. The first-order chi connectivity index (χ1) is 3.73. The van der Waals surface area contributed by atoms with E-state index in [2.05, 4.69) is 0 Å². The number of phosphoric acid groups is 1. The fourth-order valence-electron chi connectivity index (χ4n) is 0. The predicted octanol–water partition coefficient (Wildman–Crippen LogP) is -1.36. The minimum absolute atomic E-state index is 0. The molecule has 0 fully saturated rings. The summed E-state index contributed by atoms with van der Waals surface area (Å²) in [5.74, 6) is 0. The van der Waals surface area contributed by atoms with Crippen molar-refractivity contribution in [1.82, 2.24) is 0 Å². The minimum atomic E-state index is -4.64. The predicted molar refractivity (Wildman–Crippen MR) is 32.1 cm³/mol. The molecule has 0 bridgehead atoms. The molecule has 68 valence electrons. The molecule has 0 rings (SSSR count). The fraction of sp³-hybridized carbons (Fsp3) is 0. The Morgan fingerprint density at radius 3 is 1.09 bits per heavy atom. The van der Waals surface area contributed by atoms with Crippen LogP contribution in [-0.4, -0.2) is 60.6 Å². The molecular formula is CH6NaNiO7P. The van der Waals surface area contributed by atoms with Crippen LogP contribution in [0.3, 0.4) is 0 Å². The van der Waals surface area contributed by atoms with Crippen LogP contribution in [0.4, 0.5) is 4.79 Å². The average Bonchev–Trinajstić information content (AvgIpc) is 1.19. The molecule has 0 saturated carbocycles. The zero-order chi connectivity index (χ0) is 8.08. The van der Waals surface area contributed by atoms with Gasteiger partial charge in [-0.25, -0.2) is 9.36 Å². The Labute approximate surface area is 93.9 Å². The summed E-state index contributed by atoms with van der Waals surface area (Å²) in [7, 11) is -4.64. The Morgan fingerprint density at radius 2 is 1.09 bits per heavy atom. The first-order valence-electron chi connectivity index (χ1n) is 1.43. The van der Waals surface area contributed by atoms with Gasteiger partial charge in [0.05, 0.1) is 0 Å². The molecule has 10 heteroatoms. The van der Waals surface area contributed by atoms with Crippen LogP contribution in [-0.2, 0) is 21.1 Å². The van der Waals surface area contributed by atoms with Crippen molar-refractivity contribution in [2.45, 2.75) is 0 Å². The van der Waals surface area contributed by atoms with E-state index in [0.717, 1.165) is 0 Å². The first kappa shape index (κ1) is 22.6. The molecule has 0 aliphatic carbocycles. The zero-order valence-corrected chi connectivity index (χ0v) is 6.20. The van der Waals surface area contributed by atoms with Crippen molar-refractivity contribution in [3.63, 3.8) is 0 Å². The van der Waals surface area contributed by atoms with Gasteiger partial charge in [-0.3, -0.25) is 0 Å². The van der Waals surface area contributed by atoms with Crippen molar-refractivity contribution in [3.05, 3.63) is 0 Å². The summed E-state index contributed by atoms with van der Waals surface area (Å²) in [5, 5.41) is 13.9. The summed E-state index contributed by atoms with van der Waals surface area (Å²) >= 11 is 0. The summed E-state index contributed by atoms with van der Waals surface area (Å²) < 4.78 is 8.88.